The van der Waals surface area contributed by atoms with Crippen LogP contribution in [0.2, 0.25) is 0 Å². The van der Waals surface area contributed by atoms with Crippen molar-refractivity contribution in [3.05, 3.63) is 111 Å². The zero-order chi connectivity index (χ0) is 30.2. The Bertz CT molecular complexity index is 1520. The van der Waals surface area contributed by atoms with Crippen molar-refractivity contribution in [1.29, 1.82) is 0 Å². The number of rotatable bonds is 5. The van der Waals surface area contributed by atoms with Gasteiger partial charge in [-0.2, -0.15) is 0 Å². The average molecular weight is 557 g/mol. The van der Waals surface area contributed by atoms with Crippen molar-refractivity contribution in [2.45, 2.75) is 106 Å². The molecule has 6 rings (SSSR count). The smallest absolute Gasteiger partial charge is 0.000174 e. The molecule has 0 N–H and O–H groups in total. The molecule has 3 aliphatic rings. The van der Waals surface area contributed by atoms with Gasteiger partial charge in [-0.05, 0) is 125 Å². The van der Waals surface area contributed by atoms with Crippen LogP contribution in [0.15, 0.2) is 66.8 Å². The first-order valence-corrected chi connectivity index (χ1v) is 16.3. The molecule has 0 aromatic heterocycles. The van der Waals surface area contributed by atoms with Crippen molar-refractivity contribution in [2.24, 2.45) is 11.3 Å². The fraction of sp³-hybridized carbons (Fsp3) is 0.429. The summed E-state index contributed by atoms with van der Waals surface area (Å²) in [6.45, 7) is 22.0. The lowest BCUT2D eigenvalue weighted by Gasteiger charge is -2.24. The van der Waals surface area contributed by atoms with Crippen LogP contribution in [0.1, 0.15) is 124 Å². The highest BCUT2D eigenvalue weighted by Gasteiger charge is 2.29. The molecule has 0 heterocycles. The van der Waals surface area contributed by atoms with Crippen molar-refractivity contribution >= 4 is 17.2 Å². The van der Waals surface area contributed by atoms with Gasteiger partial charge in [-0.3, -0.25) is 0 Å². The molecule has 0 heteroatoms. The standard InChI is InChI=1S/C37H40.C5H12/c1-23(2)17-33-25(4)18-31-20-30(22-35(31)37(33)28-13-11-24(3)12-14-28)29-15-16-32-26(5)19-34(36(32)21-29)27-9-7-6-8-10-27;1-5(2,3)4/h11-16,18-21,26-27H,1,6-10,17,22H2,2-5H3;1-4H3. The Hall–Kier alpha value is -3.12. The van der Waals surface area contributed by atoms with Crippen LogP contribution in [0.25, 0.3) is 28.3 Å². The minimum atomic E-state index is 0.500. The number of fused-ring (bicyclic) bond motifs is 2. The van der Waals surface area contributed by atoms with E-state index in [9.17, 15) is 0 Å². The first-order valence-electron chi connectivity index (χ1n) is 16.3. The van der Waals surface area contributed by atoms with Gasteiger partial charge in [0.1, 0.15) is 0 Å². The third-order valence-electron chi connectivity index (χ3n) is 9.02. The van der Waals surface area contributed by atoms with E-state index in [-0.39, 0.29) is 0 Å². The summed E-state index contributed by atoms with van der Waals surface area (Å²) in [4.78, 5) is 0. The van der Waals surface area contributed by atoms with Crippen LogP contribution in [0, 0.1) is 25.2 Å². The first kappa shape index (κ1) is 30.3. The lowest BCUT2D eigenvalue weighted by molar-refractivity contribution is 0.429. The van der Waals surface area contributed by atoms with Crippen LogP contribution in [-0.4, -0.2) is 0 Å². The number of allylic oxidation sites excluding steroid dienone is 4. The van der Waals surface area contributed by atoms with E-state index in [2.05, 4.69) is 123 Å². The zero-order valence-electron chi connectivity index (χ0n) is 27.6. The average Bonchev–Trinajstić information content (AvgIpc) is 3.49. The predicted octanol–water partition coefficient (Wildman–Crippen LogP) is 12.3. The maximum Gasteiger partial charge on any atom is 0.000174 e. The summed E-state index contributed by atoms with van der Waals surface area (Å²) in [7, 11) is 0. The highest BCUT2D eigenvalue weighted by Crippen LogP contribution is 2.47. The third kappa shape index (κ3) is 6.75. The third-order valence-corrected chi connectivity index (χ3v) is 9.02. The molecule has 220 valence electrons. The number of hydrogen-bond donors (Lipinski definition) is 0. The first-order chi connectivity index (χ1) is 19.9. The van der Waals surface area contributed by atoms with Crippen LogP contribution in [0.5, 0.6) is 0 Å². The second-order valence-electron chi connectivity index (χ2n) is 15.0. The molecule has 1 saturated carbocycles. The van der Waals surface area contributed by atoms with Crippen LogP contribution < -0.4 is 0 Å². The summed E-state index contributed by atoms with van der Waals surface area (Å²) in [6, 6.07) is 18.9. The molecule has 0 saturated heterocycles. The highest BCUT2D eigenvalue weighted by atomic mass is 14.3. The van der Waals surface area contributed by atoms with Crippen molar-refractivity contribution in [2.75, 3.05) is 0 Å². The topological polar surface area (TPSA) is 0 Å². The maximum atomic E-state index is 4.26. The molecule has 0 amide bonds. The summed E-state index contributed by atoms with van der Waals surface area (Å²) < 4.78 is 0. The van der Waals surface area contributed by atoms with Crippen molar-refractivity contribution in [3.8, 4) is 11.1 Å². The van der Waals surface area contributed by atoms with Crippen molar-refractivity contribution in [3.63, 3.8) is 0 Å². The molecule has 0 bridgehead atoms. The van der Waals surface area contributed by atoms with Gasteiger partial charge in [-0.15, -0.1) is 0 Å². The lowest BCUT2D eigenvalue weighted by Crippen LogP contribution is -2.08. The van der Waals surface area contributed by atoms with Crippen molar-refractivity contribution in [1.82, 2.24) is 0 Å². The van der Waals surface area contributed by atoms with Crippen LogP contribution in [0.3, 0.4) is 0 Å². The van der Waals surface area contributed by atoms with E-state index >= 15 is 0 Å². The van der Waals surface area contributed by atoms with E-state index in [1.54, 1.807) is 5.57 Å². The number of hydrogen-bond acceptors (Lipinski definition) is 0. The van der Waals surface area contributed by atoms with E-state index in [1.807, 2.05) is 0 Å². The van der Waals surface area contributed by atoms with Gasteiger partial charge >= 0.3 is 0 Å². The Morgan fingerprint density at radius 1 is 0.881 bits per heavy atom. The second kappa shape index (κ2) is 12.2. The van der Waals surface area contributed by atoms with Gasteiger partial charge in [0, 0.05) is 5.92 Å². The molecule has 0 radical (unpaired) electrons. The summed E-state index contributed by atoms with van der Waals surface area (Å²) in [5.74, 6) is 1.29. The van der Waals surface area contributed by atoms with Gasteiger partial charge in [0.05, 0.1) is 0 Å². The Labute approximate surface area is 256 Å². The molecule has 3 aliphatic carbocycles. The Morgan fingerprint density at radius 2 is 1.52 bits per heavy atom. The van der Waals surface area contributed by atoms with Gasteiger partial charge in [0.15, 0.2) is 0 Å². The lowest BCUT2D eigenvalue weighted by atomic mass is 9.81. The minimum absolute atomic E-state index is 0.500. The Morgan fingerprint density at radius 3 is 2.17 bits per heavy atom. The normalized spacial score (nSPS) is 18.0. The summed E-state index contributed by atoms with van der Waals surface area (Å²) >= 11 is 0. The van der Waals surface area contributed by atoms with E-state index in [4.69, 9.17) is 0 Å². The van der Waals surface area contributed by atoms with E-state index in [1.165, 1.54) is 98.9 Å². The molecule has 1 fully saturated rings. The van der Waals surface area contributed by atoms with Crippen molar-refractivity contribution < 1.29 is 0 Å². The van der Waals surface area contributed by atoms with Gasteiger partial charge < -0.3 is 0 Å². The number of benzene rings is 3. The quantitative estimate of drug-likeness (QED) is 0.274. The molecule has 1 unspecified atom stereocenters. The van der Waals surface area contributed by atoms with Gasteiger partial charge in [-0.1, -0.05) is 126 Å². The van der Waals surface area contributed by atoms with E-state index in [0.717, 1.165) is 18.8 Å². The Kier molecular flexibility index (Phi) is 8.84. The predicted molar refractivity (Wildman–Crippen MR) is 186 cm³/mol. The number of aryl methyl sites for hydroxylation is 2. The molecule has 3 aromatic carbocycles. The van der Waals surface area contributed by atoms with E-state index in [0.29, 0.717) is 11.3 Å². The second-order valence-corrected chi connectivity index (χ2v) is 15.0. The molecule has 3 aromatic rings. The fourth-order valence-electron chi connectivity index (χ4n) is 7.08. The van der Waals surface area contributed by atoms with Crippen LogP contribution >= 0.6 is 0 Å². The van der Waals surface area contributed by atoms with Crippen LogP contribution in [-0.2, 0) is 12.8 Å². The molecule has 1 atom stereocenters. The largest absolute Gasteiger partial charge is 0.0998 e. The van der Waals surface area contributed by atoms with Gasteiger partial charge in [0.2, 0.25) is 0 Å². The molecule has 0 aliphatic heterocycles. The van der Waals surface area contributed by atoms with Gasteiger partial charge in [-0.25, -0.2) is 0 Å². The highest BCUT2D eigenvalue weighted by molar-refractivity contribution is 5.94. The summed E-state index contributed by atoms with van der Waals surface area (Å²) in [5.41, 5.74) is 19.1. The molecule has 0 nitrogen and oxygen atoms in total. The monoisotopic (exact) mass is 556 g/mol. The van der Waals surface area contributed by atoms with Gasteiger partial charge in [0.25, 0.3) is 0 Å². The molecular formula is C42H52. The molecular weight excluding hydrogens is 504 g/mol. The molecule has 42 heavy (non-hydrogen) atoms. The fourth-order valence-corrected chi connectivity index (χ4v) is 7.08. The van der Waals surface area contributed by atoms with Crippen LogP contribution in [0.4, 0.5) is 0 Å². The zero-order valence-corrected chi connectivity index (χ0v) is 27.6. The maximum absolute atomic E-state index is 4.26. The minimum Gasteiger partial charge on any atom is -0.0998 e. The molecule has 0 spiro atoms. The van der Waals surface area contributed by atoms with E-state index < -0.39 is 0 Å². The summed E-state index contributed by atoms with van der Waals surface area (Å²) in [5, 5.41) is 0. The SMILES string of the molecule is C=C(C)Cc1c(C)cc2c(c1-c1ccc(C)cc1)CC(c1ccc3c(c1)C(C1CCCCC1)=CC3C)=C2.CC(C)(C)C. The Balaban J connectivity index is 0.000000652. The summed E-state index contributed by atoms with van der Waals surface area (Å²) in [6.07, 6.45) is 13.9.